The Morgan fingerprint density at radius 2 is 1.69 bits per heavy atom. The van der Waals surface area contributed by atoms with E-state index < -0.39 is 16.1 Å². The Bertz CT molecular complexity index is 824. The lowest BCUT2D eigenvalue weighted by atomic mass is 10.1. The molecule has 7 heteroatoms. The number of carbonyl (C=O) groups is 1. The number of halogens is 1. The number of nitrogens with one attached hydrogen (secondary N) is 2. The van der Waals surface area contributed by atoms with Crippen LogP contribution in [-0.4, -0.2) is 26.4 Å². The van der Waals surface area contributed by atoms with Crippen LogP contribution in [0, 0.1) is 0 Å². The average Bonchev–Trinajstić information content (AvgIpc) is 2.62. The number of amides is 1. The molecule has 2 aromatic rings. The highest BCUT2D eigenvalue weighted by atomic mass is 35.5. The Kier molecular flexibility index (Phi) is 7.20. The van der Waals surface area contributed by atoms with Crippen LogP contribution in [0.1, 0.15) is 25.8 Å². The van der Waals surface area contributed by atoms with Gasteiger partial charge in [-0.15, -0.1) is 0 Å². The molecule has 2 aromatic carbocycles. The maximum atomic E-state index is 12.7. The van der Waals surface area contributed by atoms with Crippen molar-refractivity contribution >= 4 is 27.5 Å². The molecule has 0 aliphatic rings. The normalized spacial score (nSPS) is 13.8. The highest BCUT2D eigenvalue weighted by molar-refractivity contribution is 7.89. The molecule has 2 rings (SSSR count). The number of rotatable bonds is 8. The van der Waals surface area contributed by atoms with E-state index in [1.165, 1.54) is 24.3 Å². The molecule has 0 radical (unpaired) electrons. The van der Waals surface area contributed by atoms with Gasteiger partial charge in [-0.3, -0.25) is 4.79 Å². The fourth-order valence-electron chi connectivity index (χ4n) is 2.35. The van der Waals surface area contributed by atoms with E-state index in [0.29, 0.717) is 5.02 Å². The molecule has 0 aliphatic carbocycles. The molecular formula is C19H23ClN2O3S. The van der Waals surface area contributed by atoms with Crippen molar-refractivity contribution in [1.82, 2.24) is 10.0 Å². The fourth-order valence-corrected chi connectivity index (χ4v) is 3.67. The zero-order valence-electron chi connectivity index (χ0n) is 14.8. The number of carbonyl (C=O) groups excluding carboxylic acids is 1. The predicted molar refractivity (Wildman–Crippen MR) is 104 cm³/mol. The minimum atomic E-state index is -3.85. The third-order valence-electron chi connectivity index (χ3n) is 4.02. The first-order valence-corrected chi connectivity index (χ1v) is 10.3. The summed E-state index contributed by atoms with van der Waals surface area (Å²) in [6.07, 6.45) is 1.02. The van der Waals surface area contributed by atoms with Crippen LogP contribution in [0.15, 0.2) is 59.5 Å². The summed E-state index contributed by atoms with van der Waals surface area (Å²) in [5.41, 5.74) is 0.871. The molecule has 0 heterocycles. The van der Waals surface area contributed by atoms with E-state index >= 15 is 0 Å². The summed E-state index contributed by atoms with van der Waals surface area (Å²) < 4.78 is 27.9. The number of hydrogen-bond donors (Lipinski definition) is 2. The van der Waals surface area contributed by atoms with Gasteiger partial charge in [0.05, 0.1) is 4.90 Å². The van der Waals surface area contributed by atoms with Crippen LogP contribution in [0.25, 0.3) is 0 Å². The van der Waals surface area contributed by atoms with Crippen molar-refractivity contribution in [1.29, 1.82) is 0 Å². The quantitative estimate of drug-likeness (QED) is 0.722. The molecule has 0 spiro atoms. The summed E-state index contributed by atoms with van der Waals surface area (Å²) in [6.45, 7) is 3.83. The highest BCUT2D eigenvalue weighted by Gasteiger charge is 2.26. The van der Waals surface area contributed by atoms with Crippen molar-refractivity contribution < 1.29 is 13.2 Å². The number of sulfonamides is 1. The zero-order valence-corrected chi connectivity index (χ0v) is 16.3. The standard InChI is InChI=1S/C19H23ClN2O3S/c1-3-14(2)21-19(23)18(13-15-7-5-4-6-8-15)22-26(24,25)17-11-9-16(20)10-12-17/h4-12,14,18,22H,3,13H2,1-2H3,(H,21,23)/t14-,18-/m0/s1. The lowest BCUT2D eigenvalue weighted by Gasteiger charge is -2.21. The molecule has 2 N–H and O–H groups in total. The van der Waals surface area contributed by atoms with Crippen LogP contribution < -0.4 is 10.0 Å². The second kappa shape index (κ2) is 9.16. The van der Waals surface area contributed by atoms with E-state index in [1.807, 2.05) is 44.2 Å². The predicted octanol–water partition coefficient (Wildman–Crippen LogP) is 3.14. The summed E-state index contributed by atoms with van der Waals surface area (Å²) >= 11 is 5.82. The van der Waals surface area contributed by atoms with E-state index in [4.69, 9.17) is 11.6 Å². The SMILES string of the molecule is CC[C@H](C)NC(=O)[C@H](Cc1ccccc1)NS(=O)(=O)c1ccc(Cl)cc1. The maximum absolute atomic E-state index is 12.7. The van der Waals surface area contributed by atoms with Crippen LogP contribution in [-0.2, 0) is 21.2 Å². The smallest absolute Gasteiger partial charge is 0.241 e. The highest BCUT2D eigenvalue weighted by Crippen LogP contribution is 2.15. The molecule has 0 bridgehead atoms. The molecule has 0 saturated carbocycles. The summed E-state index contributed by atoms with van der Waals surface area (Å²) in [7, 11) is -3.85. The maximum Gasteiger partial charge on any atom is 0.241 e. The third kappa shape index (κ3) is 5.83. The number of benzene rings is 2. The monoisotopic (exact) mass is 394 g/mol. The molecule has 5 nitrogen and oxygen atoms in total. The van der Waals surface area contributed by atoms with E-state index in [1.54, 1.807) is 0 Å². The molecule has 26 heavy (non-hydrogen) atoms. The lowest BCUT2D eigenvalue weighted by molar-refractivity contribution is -0.123. The van der Waals surface area contributed by atoms with E-state index in [-0.39, 0.29) is 23.3 Å². The van der Waals surface area contributed by atoms with Crippen molar-refractivity contribution in [2.24, 2.45) is 0 Å². The van der Waals surface area contributed by atoms with Gasteiger partial charge < -0.3 is 5.32 Å². The molecule has 2 atom stereocenters. The second-order valence-corrected chi connectivity index (χ2v) is 8.29. The van der Waals surface area contributed by atoms with Crippen molar-refractivity contribution in [2.45, 2.75) is 43.7 Å². The third-order valence-corrected chi connectivity index (χ3v) is 5.76. The van der Waals surface area contributed by atoms with Crippen molar-refractivity contribution in [3.05, 3.63) is 65.2 Å². The van der Waals surface area contributed by atoms with Crippen LogP contribution >= 0.6 is 11.6 Å². The average molecular weight is 395 g/mol. The summed E-state index contributed by atoms with van der Waals surface area (Å²) in [6, 6.07) is 14.2. The van der Waals surface area contributed by atoms with Gasteiger partial charge in [-0.05, 0) is 49.6 Å². The van der Waals surface area contributed by atoms with Gasteiger partial charge in [0.1, 0.15) is 6.04 Å². The first-order chi connectivity index (χ1) is 12.3. The topological polar surface area (TPSA) is 75.3 Å². The summed E-state index contributed by atoms with van der Waals surface area (Å²) in [4.78, 5) is 12.7. The minimum absolute atomic E-state index is 0.0409. The van der Waals surface area contributed by atoms with Crippen LogP contribution in [0.5, 0.6) is 0 Å². The first kappa shape index (κ1) is 20.4. The Hall–Kier alpha value is -1.89. The Balaban J connectivity index is 2.24. The van der Waals surface area contributed by atoms with E-state index in [2.05, 4.69) is 10.0 Å². The van der Waals surface area contributed by atoms with Crippen LogP contribution in [0.3, 0.4) is 0 Å². The number of hydrogen-bond acceptors (Lipinski definition) is 3. The summed E-state index contributed by atoms with van der Waals surface area (Å²) in [5.74, 6) is -0.347. The van der Waals surface area contributed by atoms with Gasteiger partial charge in [0.15, 0.2) is 0 Å². The van der Waals surface area contributed by atoms with Crippen molar-refractivity contribution in [3.8, 4) is 0 Å². The van der Waals surface area contributed by atoms with Gasteiger partial charge in [0.2, 0.25) is 15.9 Å². The van der Waals surface area contributed by atoms with E-state index in [0.717, 1.165) is 12.0 Å². The second-order valence-electron chi connectivity index (χ2n) is 6.14. The molecule has 0 aliphatic heterocycles. The zero-order chi connectivity index (χ0) is 19.2. The molecule has 140 valence electrons. The van der Waals surface area contributed by atoms with Crippen molar-refractivity contribution in [2.75, 3.05) is 0 Å². The van der Waals surface area contributed by atoms with Crippen LogP contribution in [0.4, 0.5) is 0 Å². The van der Waals surface area contributed by atoms with Gasteiger partial charge in [-0.25, -0.2) is 8.42 Å². The Morgan fingerprint density at radius 3 is 2.27 bits per heavy atom. The van der Waals surface area contributed by atoms with Gasteiger partial charge in [-0.2, -0.15) is 4.72 Å². The van der Waals surface area contributed by atoms with Crippen molar-refractivity contribution in [3.63, 3.8) is 0 Å². The molecule has 0 saturated heterocycles. The van der Waals surface area contributed by atoms with Gasteiger partial charge in [0.25, 0.3) is 0 Å². The first-order valence-electron chi connectivity index (χ1n) is 8.44. The molecule has 1 amide bonds. The Morgan fingerprint density at radius 1 is 1.08 bits per heavy atom. The molecule has 0 unspecified atom stereocenters. The Labute approximate surface area is 159 Å². The minimum Gasteiger partial charge on any atom is -0.352 e. The van der Waals surface area contributed by atoms with Gasteiger partial charge in [0, 0.05) is 11.1 Å². The van der Waals surface area contributed by atoms with E-state index in [9.17, 15) is 13.2 Å². The summed E-state index contributed by atoms with van der Waals surface area (Å²) in [5, 5.41) is 3.29. The largest absolute Gasteiger partial charge is 0.352 e. The molecule has 0 fully saturated rings. The molecular weight excluding hydrogens is 372 g/mol. The lowest BCUT2D eigenvalue weighted by Crippen LogP contribution is -2.50. The van der Waals surface area contributed by atoms with Gasteiger partial charge in [-0.1, -0.05) is 48.9 Å². The fraction of sp³-hybridized carbons (Fsp3) is 0.316. The van der Waals surface area contributed by atoms with Gasteiger partial charge >= 0.3 is 0 Å². The van der Waals surface area contributed by atoms with Crippen LogP contribution in [0.2, 0.25) is 5.02 Å². The molecule has 0 aromatic heterocycles.